The first-order valence-corrected chi connectivity index (χ1v) is 8.82. The molecule has 20 heavy (non-hydrogen) atoms. The molecule has 1 aliphatic rings. The third kappa shape index (κ3) is 3.75. The van der Waals surface area contributed by atoms with Crippen molar-refractivity contribution in [2.45, 2.75) is 28.7 Å². The van der Waals surface area contributed by atoms with Crippen molar-refractivity contribution in [3.8, 4) is 0 Å². The largest absolute Gasteiger partial charge is 0.377 e. The standard InChI is InChI=1S/C11H14FNO5S2/c12-19(14,15)10-3-5-11(6-4-10)20(16,17)13-8-9-2-1-7-18-9/h3-6,9,13H,1-2,7-8H2. The second-order valence-corrected chi connectivity index (χ2v) is 7.51. The van der Waals surface area contributed by atoms with E-state index in [0.29, 0.717) is 6.61 Å². The number of sulfonamides is 1. The summed E-state index contributed by atoms with van der Waals surface area (Å²) in [6.07, 6.45) is 1.55. The summed E-state index contributed by atoms with van der Waals surface area (Å²) in [5, 5.41) is 0. The Balaban J connectivity index is 2.09. The van der Waals surface area contributed by atoms with Crippen molar-refractivity contribution in [3.05, 3.63) is 24.3 Å². The van der Waals surface area contributed by atoms with Crippen LogP contribution >= 0.6 is 0 Å². The quantitative estimate of drug-likeness (QED) is 0.810. The number of benzene rings is 1. The smallest absolute Gasteiger partial charge is 0.332 e. The summed E-state index contributed by atoms with van der Waals surface area (Å²) < 4.78 is 65.5. The molecule has 112 valence electrons. The molecule has 1 heterocycles. The topological polar surface area (TPSA) is 89.5 Å². The maximum Gasteiger partial charge on any atom is 0.332 e. The molecule has 1 fully saturated rings. The fourth-order valence-corrected chi connectivity index (χ4v) is 3.40. The van der Waals surface area contributed by atoms with Gasteiger partial charge in [-0.05, 0) is 37.1 Å². The van der Waals surface area contributed by atoms with Crippen molar-refractivity contribution in [2.75, 3.05) is 13.2 Å². The van der Waals surface area contributed by atoms with Gasteiger partial charge >= 0.3 is 10.2 Å². The zero-order valence-corrected chi connectivity index (χ0v) is 12.1. The van der Waals surface area contributed by atoms with Crippen LogP contribution in [-0.2, 0) is 25.0 Å². The molecule has 1 N–H and O–H groups in total. The predicted molar refractivity (Wildman–Crippen MR) is 68.9 cm³/mol. The number of halogens is 1. The van der Waals surface area contributed by atoms with Crippen molar-refractivity contribution in [2.24, 2.45) is 0 Å². The van der Waals surface area contributed by atoms with E-state index in [9.17, 15) is 20.7 Å². The lowest BCUT2D eigenvalue weighted by Crippen LogP contribution is -2.31. The van der Waals surface area contributed by atoms with Gasteiger partial charge in [0.1, 0.15) is 0 Å². The van der Waals surface area contributed by atoms with Crippen LogP contribution in [0.2, 0.25) is 0 Å². The molecule has 1 atom stereocenters. The summed E-state index contributed by atoms with van der Waals surface area (Å²) in [7, 11) is -8.58. The van der Waals surface area contributed by atoms with E-state index in [4.69, 9.17) is 4.74 Å². The Morgan fingerprint density at radius 3 is 2.25 bits per heavy atom. The number of rotatable bonds is 5. The highest BCUT2D eigenvalue weighted by atomic mass is 32.3. The number of ether oxygens (including phenoxy) is 1. The third-order valence-electron chi connectivity index (χ3n) is 2.94. The van der Waals surface area contributed by atoms with Gasteiger partial charge in [-0.15, -0.1) is 3.89 Å². The van der Waals surface area contributed by atoms with E-state index in [1.165, 1.54) is 0 Å². The first-order valence-electron chi connectivity index (χ1n) is 5.95. The minimum Gasteiger partial charge on any atom is -0.377 e. The molecule has 2 rings (SSSR count). The van der Waals surface area contributed by atoms with Crippen LogP contribution in [-0.4, -0.2) is 36.1 Å². The van der Waals surface area contributed by atoms with E-state index >= 15 is 0 Å². The van der Waals surface area contributed by atoms with E-state index in [-0.39, 0.29) is 17.5 Å². The van der Waals surface area contributed by atoms with Crippen LogP contribution in [0.5, 0.6) is 0 Å². The van der Waals surface area contributed by atoms with E-state index in [0.717, 1.165) is 37.1 Å². The molecular weight excluding hydrogens is 309 g/mol. The highest BCUT2D eigenvalue weighted by Crippen LogP contribution is 2.17. The lowest BCUT2D eigenvalue weighted by molar-refractivity contribution is 0.114. The highest BCUT2D eigenvalue weighted by Gasteiger charge is 2.21. The van der Waals surface area contributed by atoms with Crippen molar-refractivity contribution in [1.29, 1.82) is 0 Å². The van der Waals surface area contributed by atoms with Crippen LogP contribution < -0.4 is 4.72 Å². The highest BCUT2D eigenvalue weighted by molar-refractivity contribution is 7.89. The first kappa shape index (κ1) is 15.4. The summed E-state index contributed by atoms with van der Waals surface area (Å²) >= 11 is 0. The molecule has 1 aliphatic heterocycles. The number of hydrogen-bond donors (Lipinski definition) is 1. The molecule has 1 saturated heterocycles. The van der Waals surface area contributed by atoms with E-state index < -0.39 is 25.1 Å². The molecule has 9 heteroatoms. The Morgan fingerprint density at radius 2 is 1.75 bits per heavy atom. The number of hydrogen-bond acceptors (Lipinski definition) is 5. The molecule has 1 aromatic carbocycles. The summed E-state index contributed by atoms with van der Waals surface area (Å²) in [6.45, 7) is 0.779. The van der Waals surface area contributed by atoms with Gasteiger partial charge in [0, 0.05) is 13.2 Å². The second kappa shape index (κ2) is 5.76. The van der Waals surface area contributed by atoms with Crippen molar-refractivity contribution >= 4 is 20.2 Å². The third-order valence-corrected chi connectivity index (χ3v) is 5.22. The van der Waals surface area contributed by atoms with Crippen LogP contribution in [0.15, 0.2) is 34.1 Å². The zero-order chi connectivity index (χ0) is 14.8. The second-order valence-electron chi connectivity index (χ2n) is 4.40. The molecule has 0 amide bonds. The van der Waals surface area contributed by atoms with Gasteiger partial charge in [-0.25, -0.2) is 13.1 Å². The van der Waals surface area contributed by atoms with Crippen LogP contribution in [0, 0.1) is 0 Å². The molecule has 0 aliphatic carbocycles. The van der Waals surface area contributed by atoms with Gasteiger partial charge in [-0.3, -0.25) is 0 Å². The van der Waals surface area contributed by atoms with Crippen molar-refractivity contribution < 1.29 is 25.5 Å². The van der Waals surface area contributed by atoms with Crippen LogP contribution in [0.1, 0.15) is 12.8 Å². The normalized spacial score (nSPS) is 20.1. The summed E-state index contributed by atoms with van der Waals surface area (Å²) in [4.78, 5) is -0.696. The summed E-state index contributed by atoms with van der Waals surface area (Å²) in [5.41, 5.74) is 0. The van der Waals surface area contributed by atoms with Gasteiger partial charge < -0.3 is 4.74 Å². The predicted octanol–water partition coefficient (Wildman–Crippen LogP) is 0.802. The van der Waals surface area contributed by atoms with Gasteiger partial charge in [0.05, 0.1) is 15.9 Å². The maximum atomic E-state index is 12.7. The van der Waals surface area contributed by atoms with Crippen LogP contribution in [0.25, 0.3) is 0 Å². The Hall–Kier alpha value is -1.03. The Kier molecular flexibility index (Phi) is 4.43. The van der Waals surface area contributed by atoms with Gasteiger partial charge in [0.15, 0.2) is 0 Å². The molecular formula is C11H14FNO5S2. The fourth-order valence-electron chi connectivity index (χ4n) is 1.87. The molecule has 0 radical (unpaired) electrons. The van der Waals surface area contributed by atoms with Gasteiger partial charge in [-0.2, -0.15) is 8.42 Å². The lowest BCUT2D eigenvalue weighted by Gasteiger charge is -2.11. The monoisotopic (exact) mass is 323 g/mol. The summed E-state index contributed by atoms with van der Waals surface area (Å²) in [6, 6.07) is 3.92. The van der Waals surface area contributed by atoms with E-state index in [2.05, 4.69) is 4.72 Å². The molecule has 0 spiro atoms. The molecule has 0 aromatic heterocycles. The van der Waals surface area contributed by atoms with Gasteiger partial charge in [0.25, 0.3) is 0 Å². The Morgan fingerprint density at radius 1 is 1.15 bits per heavy atom. The van der Waals surface area contributed by atoms with Crippen molar-refractivity contribution in [1.82, 2.24) is 4.72 Å². The van der Waals surface area contributed by atoms with Gasteiger partial charge in [-0.1, -0.05) is 0 Å². The van der Waals surface area contributed by atoms with Gasteiger partial charge in [0.2, 0.25) is 10.0 Å². The minimum absolute atomic E-state index is 0.122. The fraction of sp³-hybridized carbons (Fsp3) is 0.455. The average Bonchev–Trinajstić information content (AvgIpc) is 2.89. The molecule has 1 unspecified atom stereocenters. The maximum absolute atomic E-state index is 12.7. The Bertz CT molecular complexity index is 663. The van der Waals surface area contributed by atoms with E-state index in [1.807, 2.05) is 0 Å². The molecule has 0 bridgehead atoms. The summed E-state index contributed by atoms with van der Waals surface area (Å²) in [5.74, 6) is 0. The number of nitrogens with one attached hydrogen (secondary N) is 1. The molecule has 6 nitrogen and oxygen atoms in total. The molecule has 0 saturated carbocycles. The molecule has 1 aromatic rings. The van der Waals surface area contributed by atoms with Crippen LogP contribution in [0.4, 0.5) is 3.89 Å². The van der Waals surface area contributed by atoms with Crippen LogP contribution in [0.3, 0.4) is 0 Å². The SMILES string of the molecule is O=S(=O)(F)c1ccc(S(=O)(=O)NCC2CCCO2)cc1. The minimum atomic E-state index is -4.83. The first-order chi connectivity index (χ1) is 9.29. The Labute approximate surface area is 117 Å². The average molecular weight is 323 g/mol. The van der Waals surface area contributed by atoms with Crippen molar-refractivity contribution in [3.63, 3.8) is 0 Å². The van der Waals surface area contributed by atoms with E-state index in [1.54, 1.807) is 0 Å². The lowest BCUT2D eigenvalue weighted by atomic mass is 10.2. The zero-order valence-electron chi connectivity index (χ0n) is 10.5.